The Balaban J connectivity index is 1.57. The Morgan fingerprint density at radius 3 is 3.14 bits per heavy atom. The van der Waals surface area contributed by atoms with Crippen molar-refractivity contribution in [2.75, 3.05) is 46.5 Å². The van der Waals surface area contributed by atoms with E-state index in [9.17, 15) is 0 Å². The third kappa shape index (κ3) is 3.48. The van der Waals surface area contributed by atoms with Crippen molar-refractivity contribution in [1.82, 2.24) is 10.2 Å². The van der Waals surface area contributed by atoms with Gasteiger partial charge < -0.3 is 24.4 Å². The van der Waals surface area contributed by atoms with Crippen LogP contribution in [0.1, 0.15) is 18.5 Å². The smallest absolute Gasteiger partial charge is 0.127 e. The monoisotopic (exact) mass is 292 g/mol. The van der Waals surface area contributed by atoms with Crippen molar-refractivity contribution in [3.63, 3.8) is 0 Å². The number of ether oxygens (including phenoxy) is 3. The van der Waals surface area contributed by atoms with Gasteiger partial charge >= 0.3 is 0 Å². The summed E-state index contributed by atoms with van der Waals surface area (Å²) >= 11 is 0. The van der Waals surface area contributed by atoms with Crippen LogP contribution >= 0.6 is 0 Å². The third-order valence-electron chi connectivity index (χ3n) is 3.99. The minimum absolute atomic E-state index is 0.146. The van der Waals surface area contributed by atoms with Gasteiger partial charge in [0.15, 0.2) is 0 Å². The third-order valence-corrected chi connectivity index (χ3v) is 3.99. The van der Waals surface area contributed by atoms with Crippen LogP contribution in [0, 0.1) is 0 Å². The summed E-state index contributed by atoms with van der Waals surface area (Å²) < 4.78 is 17.3. The summed E-state index contributed by atoms with van der Waals surface area (Å²) in [5, 5.41) is 3.42. The summed E-state index contributed by atoms with van der Waals surface area (Å²) in [4.78, 5) is 2.27. The zero-order valence-corrected chi connectivity index (χ0v) is 12.8. The molecular weight excluding hydrogens is 268 g/mol. The molecule has 1 N–H and O–H groups in total. The van der Waals surface area contributed by atoms with Crippen LogP contribution in [0.2, 0.25) is 0 Å². The molecule has 116 valence electrons. The lowest BCUT2D eigenvalue weighted by Crippen LogP contribution is -2.42. The summed E-state index contributed by atoms with van der Waals surface area (Å²) in [5.41, 5.74) is 1.22. The van der Waals surface area contributed by atoms with Gasteiger partial charge in [-0.2, -0.15) is 0 Å². The average molecular weight is 292 g/mol. The SMILES string of the molecule is CCNC1COc2cc(OCC3CN(C)CCO3)ccc21. The topological polar surface area (TPSA) is 43.0 Å². The highest BCUT2D eigenvalue weighted by atomic mass is 16.5. The molecule has 5 nitrogen and oxygen atoms in total. The maximum Gasteiger partial charge on any atom is 0.127 e. The Kier molecular flexibility index (Phi) is 4.63. The lowest BCUT2D eigenvalue weighted by molar-refractivity contribution is -0.0403. The van der Waals surface area contributed by atoms with Gasteiger partial charge in [-0.15, -0.1) is 0 Å². The van der Waals surface area contributed by atoms with Crippen molar-refractivity contribution in [2.24, 2.45) is 0 Å². The summed E-state index contributed by atoms with van der Waals surface area (Å²) in [7, 11) is 2.11. The normalized spacial score (nSPS) is 25.4. The van der Waals surface area contributed by atoms with Crippen LogP contribution in [0.25, 0.3) is 0 Å². The fourth-order valence-electron chi connectivity index (χ4n) is 2.85. The Hall–Kier alpha value is -1.30. The lowest BCUT2D eigenvalue weighted by atomic mass is 10.1. The van der Waals surface area contributed by atoms with Crippen molar-refractivity contribution in [2.45, 2.75) is 19.1 Å². The van der Waals surface area contributed by atoms with Gasteiger partial charge in [-0.05, 0) is 25.7 Å². The van der Waals surface area contributed by atoms with E-state index in [2.05, 4.69) is 30.3 Å². The van der Waals surface area contributed by atoms with Crippen LogP contribution in [0.3, 0.4) is 0 Å². The van der Waals surface area contributed by atoms with Crippen LogP contribution in [0.15, 0.2) is 18.2 Å². The van der Waals surface area contributed by atoms with E-state index < -0.39 is 0 Å². The molecule has 0 radical (unpaired) electrons. The number of nitrogens with one attached hydrogen (secondary N) is 1. The maximum absolute atomic E-state index is 5.86. The van der Waals surface area contributed by atoms with Gasteiger partial charge in [-0.3, -0.25) is 0 Å². The molecule has 5 heteroatoms. The molecule has 0 amide bonds. The molecule has 2 atom stereocenters. The molecule has 0 bridgehead atoms. The number of rotatable bonds is 5. The first kappa shape index (κ1) is 14.6. The zero-order valence-electron chi connectivity index (χ0n) is 12.8. The van der Waals surface area contributed by atoms with Gasteiger partial charge in [0.1, 0.15) is 30.8 Å². The summed E-state index contributed by atoms with van der Waals surface area (Å²) in [6.07, 6.45) is 0.146. The first-order chi connectivity index (χ1) is 10.3. The summed E-state index contributed by atoms with van der Waals surface area (Å²) in [6, 6.07) is 6.40. The van der Waals surface area contributed by atoms with E-state index in [1.165, 1.54) is 5.56 Å². The Bertz CT molecular complexity index is 481. The first-order valence-corrected chi connectivity index (χ1v) is 7.69. The predicted molar refractivity (Wildman–Crippen MR) is 81.1 cm³/mol. The molecule has 2 unspecified atom stereocenters. The van der Waals surface area contributed by atoms with Crippen molar-refractivity contribution < 1.29 is 14.2 Å². The number of likely N-dealkylation sites (N-methyl/N-ethyl adjacent to an activating group) is 2. The number of benzene rings is 1. The van der Waals surface area contributed by atoms with Crippen molar-refractivity contribution in [3.05, 3.63) is 23.8 Å². The average Bonchev–Trinajstić information content (AvgIpc) is 2.88. The number of hydrogen-bond donors (Lipinski definition) is 1. The molecule has 0 aromatic heterocycles. The second-order valence-corrected chi connectivity index (χ2v) is 5.69. The molecule has 0 aliphatic carbocycles. The quantitative estimate of drug-likeness (QED) is 0.889. The van der Waals surface area contributed by atoms with Crippen molar-refractivity contribution in [3.8, 4) is 11.5 Å². The van der Waals surface area contributed by atoms with E-state index in [-0.39, 0.29) is 6.10 Å². The summed E-state index contributed by atoms with van der Waals surface area (Å²) in [6.45, 7) is 7.03. The molecule has 1 aromatic carbocycles. The highest BCUT2D eigenvalue weighted by Gasteiger charge is 2.24. The molecule has 0 saturated carbocycles. The lowest BCUT2D eigenvalue weighted by Gasteiger charge is -2.29. The summed E-state index contributed by atoms with van der Waals surface area (Å²) in [5.74, 6) is 1.78. The Labute approximate surface area is 126 Å². The van der Waals surface area contributed by atoms with E-state index in [4.69, 9.17) is 14.2 Å². The molecular formula is C16H24N2O3. The van der Waals surface area contributed by atoms with Crippen LogP contribution in [-0.2, 0) is 4.74 Å². The zero-order chi connectivity index (χ0) is 14.7. The molecule has 2 aliphatic heterocycles. The van der Waals surface area contributed by atoms with E-state index in [1.54, 1.807) is 0 Å². The standard InChI is InChI=1S/C16H24N2O3/c1-3-17-15-11-21-16-8-12(4-5-14(15)16)20-10-13-9-18(2)6-7-19-13/h4-5,8,13,15,17H,3,6-7,9-11H2,1-2H3. The molecule has 2 aliphatic rings. The molecule has 3 rings (SSSR count). The molecule has 2 heterocycles. The number of hydrogen-bond acceptors (Lipinski definition) is 5. The van der Waals surface area contributed by atoms with Gasteiger partial charge in [-0.25, -0.2) is 0 Å². The van der Waals surface area contributed by atoms with Crippen molar-refractivity contribution in [1.29, 1.82) is 0 Å². The Morgan fingerprint density at radius 1 is 1.43 bits per heavy atom. The number of morpholine rings is 1. The van der Waals surface area contributed by atoms with E-state index >= 15 is 0 Å². The van der Waals surface area contributed by atoms with Gasteiger partial charge in [0, 0.05) is 24.7 Å². The fourth-order valence-corrected chi connectivity index (χ4v) is 2.85. The van der Waals surface area contributed by atoms with Crippen molar-refractivity contribution >= 4 is 0 Å². The molecule has 1 fully saturated rings. The van der Waals surface area contributed by atoms with Gasteiger partial charge in [0.2, 0.25) is 0 Å². The van der Waals surface area contributed by atoms with Gasteiger partial charge in [0.05, 0.1) is 12.6 Å². The largest absolute Gasteiger partial charge is 0.491 e. The number of fused-ring (bicyclic) bond motifs is 1. The van der Waals surface area contributed by atoms with E-state index in [0.29, 0.717) is 19.3 Å². The van der Waals surface area contributed by atoms with Crippen LogP contribution in [-0.4, -0.2) is 57.5 Å². The second-order valence-electron chi connectivity index (χ2n) is 5.69. The van der Waals surface area contributed by atoms with Gasteiger partial charge in [0.25, 0.3) is 0 Å². The molecule has 21 heavy (non-hydrogen) atoms. The van der Waals surface area contributed by atoms with Crippen LogP contribution in [0.5, 0.6) is 11.5 Å². The molecule has 0 spiro atoms. The van der Waals surface area contributed by atoms with Gasteiger partial charge in [-0.1, -0.05) is 6.92 Å². The van der Waals surface area contributed by atoms with E-state index in [0.717, 1.165) is 37.7 Å². The minimum Gasteiger partial charge on any atom is -0.491 e. The molecule has 1 saturated heterocycles. The number of nitrogens with zero attached hydrogens (tertiary/aromatic N) is 1. The van der Waals surface area contributed by atoms with Crippen LogP contribution in [0.4, 0.5) is 0 Å². The maximum atomic E-state index is 5.86. The first-order valence-electron chi connectivity index (χ1n) is 7.69. The van der Waals surface area contributed by atoms with E-state index in [1.807, 2.05) is 12.1 Å². The second kappa shape index (κ2) is 6.64. The van der Waals surface area contributed by atoms with Crippen LogP contribution < -0.4 is 14.8 Å². The fraction of sp³-hybridized carbons (Fsp3) is 0.625. The molecule has 1 aromatic rings. The highest BCUT2D eigenvalue weighted by Crippen LogP contribution is 2.35. The highest BCUT2D eigenvalue weighted by molar-refractivity contribution is 5.45. The Morgan fingerprint density at radius 2 is 2.33 bits per heavy atom. The minimum atomic E-state index is 0.146. The predicted octanol–water partition coefficient (Wildman–Crippen LogP) is 1.44.